The van der Waals surface area contributed by atoms with E-state index in [2.05, 4.69) is 26.1 Å². The van der Waals surface area contributed by atoms with Crippen LogP contribution in [0.4, 0.5) is 0 Å². The maximum Gasteiger partial charge on any atom is 0.0703 e. The molecule has 15 heavy (non-hydrogen) atoms. The van der Waals surface area contributed by atoms with Gasteiger partial charge in [-0.05, 0) is 39.2 Å². The van der Waals surface area contributed by atoms with Crippen LogP contribution in [0, 0.1) is 5.92 Å². The SMILES string of the molecule is CCC(NC)C(C)OC1CCCC(C)C1. The average Bonchev–Trinajstić information content (AvgIpc) is 2.19. The molecule has 0 bridgehead atoms. The van der Waals surface area contributed by atoms with Gasteiger partial charge in [-0.25, -0.2) is 0 Å². The van der Waals surface area contributed by atoms with Crippen LogP contribution in [-0.4, -0.2) is 25.3 Å². The summed E-state index contributed by atoms with van der Waals surface area (Å²) in [6, 6.07) is 0.502. The molecule has 2 heteroatoms. The van der Waals surface area contributed by atoms with Crippen molar-refractivity contribution in [3.05, 3.63) is 0 Å². The average molecular weight is 213 g/mol. The molecular weight excluding hydrogens is 186 g/mol. The number of ether oxygens (including phenoxy) is 1. The second-order valence-electron chi connectivity index (χ2n) is 5.04. The van der Waals surface area contributed by atoms with Crippen LogP contribution in [0.2, 0.25) is 0 Å². The zero-order valence-electron chi connectivity index (χ0n) is 10.8. The molecule has 0 spiro atoms. The van der Waals surface area contributed by atoms with Gasteiger partial charge in [0, 0.05) is 6.04 Å². The minimum atomic E-state index is 0.343. The van der Waals surface area contributed by atoms with Crippen LogP contribution in [0.5, 0.6) is 0 Å². The second kappa shape index (κ2) is 6.49. The number of likely N-dealkylation sites (N-methyl/N-ethyl adjacent to an activating group) is 1. The van der Waals surface area contributed by atoms with E-state index in [0.29, 0.717) is 18.2 Å². The van der Waals surface area contributed by atoms with E-state index in [1.165, 1.54) is 25.7 Å². The monoisotopic (exact) mass is 213 g/mol. The number of nitrogens with one attached hydrogen (secondary N) is 1. The first-order valence-electron chi connectivity index (χ1n) is 6.50. The Morgan fingerprint density at radius 1 is 1.40 bits per heavy atom. The van der Waals surface area contributed by atoms with Gasteiger partial charge in [-0.3, -0.25) is 0 Å². The first-order chi connectivity index (χ1) is 7.17. The Hall–Kier alpha value is -0.0800. The minimum absolute atomic E-state index is 0.343. The van der Waals surface area contributed by atoms with Gasteiger partial charge < -0.3 is 10.1 Å². The maximum atomic E-state index is 6.14. The first kappa shape index (κ1) is 13.0. The predicted molar refractivity (Wildman–Crippen MR) is 65.1 cm³/mol. The lowest BCUT2D eigenvalue weighted by Crippen LogP contribution is -2.39. The molecule has 1 aliphatic carbocycles. The van der Waals surface area contributed by atoms with E-state index in [1.807, 2.05) is 7.05 Å². The Labute approximate surface area is 94.8 Å². The smallest absolute Gasteiger partial charge is 0.0703 e. The molecule has 4 unspecified atom stereocenters. The van der Waals surface area contributed by atoms with Crippen LogP contribution in [-0.2, 0) is 4.74 Å². The summed E-state index contributed by atoms with van der Waals surface area (Å²) in [5.74, 6) is 0.852. The molecule has 2 nitrogen and oxygen atoms in total. The molecule has 1 N–H and O–H groups in total. The van der Waals surface area contributed by atoms with Crippen molar-refractivity contribution in [1.29, 1.82) is 0 Å². The molecule has 1 fully saturated rings. The fraction of sp³-hybridized carbons (Fsp3) is 1.00. The third-order valence-electron chi connectivity index (χ3n) is 3.67. The summed E-state index contributed by atoms with van der Waals surface area (Å²) in [7, 11) is 2.03. The third kappa shape index (κ3) is 4.12. The molecular formula is C13H27NO. The molecule has 1 saturated carbocycles. The van der Waals surface area contributed by atoms with Gasteiger partial charge in [0.25, 0.3) is 0 Å². The molecule has 0 heterocycles. The summed E-state index contributed by atoms with van der Waals surface area (Å²) < 4.78 is 6.14. The normalized spacial score (nSPS) is 31.2. The van der Waals surface area contributed by atoms with Crippen LogP contribution in [0.3, 0.4) is 0 Å². The maximum absolute atomic E-state index is 6.14. The molecule has 0 saturated heterocycles. The standard InChI is InChI=1S/C13H27NO/c1-5-13(14-4)11(3)15-12-8-6-7-10(2)9-12/h10-14H,5-9H2,1-4H3. The Bertz CT molecular complexity index is 168. The molecule has 0 aromatic carbocycles. The Morgan fingerprint density at radius 3 is 2.67 bits per heavy atom. The second-order valence-corrected chi connectivity index (χ2v) is 5.04. The highest BCUT2D eigenvalue weighted by Gasteiger charge is 2.23. The lowest BCUT2D eigenvalue weighted by molar-refractivity contribution is -0.0452. The van der Waals surface area contributed by atoms with E-state index >= 15 is 0 Å². The summed E-state index contributed by atoms with van der Waals surface area (Å²) in [5.41, 5.74) is 0. The van der Waals surface area contributed by atoms with Crippen molar-refractivity contribution in [3.63, 3.8) is 0 Å². The molecule has 0 aromatic heterocycles. The van der Waals surface area contributed by atoms with Crippen molar-refractivity contribution < 1.29 is 4.74 Å². The summed E-state index contributed by atoms with van der Waals surface area (Å²) in [4.78, 5) is 0. The molecule has 0 radical (unpaired) electrons. The Balaban J connectivity index is 2.32. The van der Waals surface area contributed by atoms with Crippen LogP contribution in [0.25, 0.3) is 0 Å². The fourth-order valence-electron chi connectivity index (χ4n) is 2.67. The van der Waals surface area contributed by atoms with Gasteiger partial charge in [0.15, 0.2) is 0 Å². The summed E-state index contributed by atoms with van der Waals surface area (Å²) >= 11 is 0. The third-order valence-corrected chi connectivity index (χ3v) is 3.67. The van der Waals surface area contributed by atoms with Crippen LogP contribution in [0.1, 0.15) is 52.9 Å². The number of hydrogen-bond donors (Lipinski definition) is 1. The van der Waals surface area contributed by atoms with E-state index in [9.17, 15) is 0 Å². The van der Waals surface area contributed by atoms with Crippen LogP contribution >= 0.6 is 0 Å². The predicted octanol–water partition coefficient (Wildman–Crippen LogP) is 2.97. The summed E-state index contributed by atoms with van der Waals surface area (Å²) in [6.45, 7) is 6.75. The van der Waals surface area contributed by atoms with E-state index in [4.69, 9.17) is 4.74 Å². The first-order valence-corrected chi connectivity index (χ1v) is 6.50. The lowest BCUT2D eigenvalue weighted by Gasteiger charge is -2.32. The van der Waals surface area contributed by atoms with Crippen molar-refractivity contribution in [2.24, 2.45) is 5.92 Å². The van der Waals surface area contributed by atoms with Crippen molar-refractivity contribution in [3.8, 4) is 0 Å². The zero-order chi connectivity index (χ0) is 11.3. The molecule has 1 rings (SSSR count). The molecule has 0 aliphatic heterocycles. The Kier molecular flexibility index (Phi) is 5.62. The van der Waals surface area contributed by atoms with Gasteiger partial charge >= 0.3 is 0 Å². The van der Waals surface area contributed by atoms with Gasteiger partial charge in [0.2, 0.25) is 0 Å². The van der Waals surface area contributed by atoms with Gasteiger partial charge in [-0.1, -0.05) is 26.7 Å². The Morgan fingerprint density at radius 2 is 2.13 bits per heavy atom. The van der Waals surface area contributed by atoms with Gasteiger partial charge in [-0.2, -0.15) is 0 Å². The quantitative estimate of drug-likeness (QED) is 0.758. The highest BCUT2D eigenvalue weighted by Crippen LogP contribution is 2.27. The van der Waals surface area contributed by atoms with Crippen molar-refractivity contribution in [2.75, 3.05) is 7.05 Å². The molecule has 90 valence electrons. The number of hydrogen-bond acceptors (Lipinski definition) is 2. The number of rotatable bonds is 5. The van der Waals surface area contributed by atoms with Gasteiger partial charge in [0.05, 0.1) is 12.2 Å². The van der Waals surface area contributed by atoms with Crippen molar-refractivity contribution in [1.82, 2.24) is 5.32 Å². The fourth-order valence-corrected chi connectivity index (χ4v) is 2.67. The molecule has 0 aromatic rings. The van der Waals surface area contributed by atoms with E-state index in [-0.39, 0.29) is 0 Å². The van der Waals surface area contributed by atoms with E-state index in [0.717, 1.165) is 12.3 Å². The molecule has 1 aliphatic rings. The summed E-state index contributed by atoms with van der Waals surface area (Å²) in [6.07, 6.45) is 7.23. The zero-order valence-corrected chi connectivity index (χ0v) is 10.8. The van der Waals surface area contributed by atoms with Crippen molar-refractivity contribution >= 4 is 0 Å². The minimum Gasteiger partial charge on any atom is -0.374 e. The highest BCUT2D eigenvalue weighted by molar-refractivity contribution is 4.76. The van der Waals surface area contributed by atoms with Crippen molar-refractivity contribution in [2.45, 2.75) is 71.1 Å². The highest BCUT2D eigenvalue weighted by atomic mass is 16.5. The lowest BCUT2D eigenvalue weighted by atomic mass is 9.88. The van der Waals surface area contributed by atoms with Gasteiger partial charge in [0.1, 0.15) is 0 Å². The summed E-state index contributed by atoms with van der Waals surface area (Å²) in [5, 5.41) is 3.33. The van der Waals surface area contributed by atoms with Crippen LogP contribution < -0.4 is 5.32 Å². The largest absolute Gasteiger partial charge is 0.374 e. The molecule has 0 amide bonds. The van der Waals surface area contributed by atoms with Crippen LogP contribution in [0.15, 0.2) is 0 Å². The van der Waals surface area contributed by atoms with E-state index < -0.39 is 0 Å². The van der Waals surface area contributed by atoms with Gasteiger partial charge in [-0.15, -0.1) is 0 Å². The van der Waals surface area contributed by atoms with E-state index in [1.54, 1.807) is 0 Å². The topological polar surface area (TPSA) is 21.3 Å². The molecule has 4 atom stereocenters.